The third kappa shape index (κ3) is 3.24. The molecule has 0 unspecified atom stereocenters. The molecular formula is C19H21N3O4. The maximum atomic E-state index is 12.2. The number of hydrogen-bond acceptors (Lipinski definition) is 5. The zero-order valence-corrected chi connectivity index (χ0v) is 15.1. The molecule has 0 spiro atoms. The maximum Gasteiger partial charge on any atom is 0.306 e. The van der Waals surface area contributed by atoms with Crippen molar-refractivity contribution < 1.29 is 19.1 Å². The summed E-state index contributed by atoms with van der Waals surface area (Å²) >= 11 is 0. The van der Waals surface area contributed by atoms with Crippen LogP contribution in [0.25, 0.3) is 0 Å². The smallest absolute Gasteiger partial charge is 0.306 e. The van der Waals surface area contributed by atoms with Crippen LogP contribution in [0, 0.1) is 13.8 Å². The van der Waals surface area contributed by atoms with E-state index in [0.29, 0.717) is 17.5 Å². The number of aryl methyl sites for hydroxylation is 2. The molecule has 2 heterocycles. The summed E-state index contributed by atoms with van der Waals surface area (Å²) in [5.41, 5.74) is 3.77. The molecule has 2 amide bonds. The lowest BCUT2D eigenvalue weighted by Crippen LogP contribution is -2.33. The first-order valence-electron chi connectivity index (χ1n) is 8.50. The average molecular weight is 355 g/mol. The van der Waals surface area contributed by atoms with Crippen LogP contribution in [-0.4, -0.2) is 45.6 Å². The summed E-state index contributed by atoms with van der Waals surface area (Å²) in [5.74, 6) is -1.05. The second-order valence-electron chi connectivity index (χ2n) is 6.30. The van der Waals surface area contributed by atoms with Gasteiger partial charge in [0.15, 0.2) is 0 Å². The molecule has 0 radical (unpaired) electrons. The highest BCUT2D eigenvalue weighted by Crippen LogP contribution is 2.22. The van der Waals surface area contributed by atoms with Gasteiger partial charge < -0.3 is 4.74 Å². The van der Waals surface area contributed by atoms with Crippen LogP contribution in [-0.2, 0) is 23.0 Å². The van der Waals surface area contributed by atoms with Gasteiger partial charge in [-0.25, -0.2) is 0 Å². The number of aromatic nitrogens is 2. The average Bonchev–Trinajstić information content (AvgIpc) is 3.01. The van der Waals surface area contributed by atoms with Crippen molar-refractivity contribution in [3.05, 3.63) is 52.3 Å². The monoisotopic (exact) mass is 355 g/mol. The molecule has 1 aromatic heterocycles. The van der Waals surface area contributed by atoms with Gasteiger partial charge in [-0.2, -0.15) is 5.10 Å². The highest BCUT2D eigenvalue weighted by Gasteiger charge is 2.34. The summed E-state index contributed by atoms with van der Waals surface area (Å²) in [7, 11) is 1.87. The van der Waals surface area contributed by atoms with Gasteiger partial charge in [0.25, 0.3) is 11.8 Å². The lowest BCUT2D eigenvalue weighted by Gasteiger charge is -2.13. The Labute approximate surface area is 151 Å². The number of fused-ring (bicyclic) bond motifs is 1. The van der Waals surface area contributed by atoms with Gasteiger partial charge in [0.05, 0.1) is 23.4 Å². The fourth-order valence-corrected chi connectivity index (χ4v) is 3.17. The summed E-state index contributed by atoms with van der Waals surface area (Å²) in [6.45, 7) is 3.93. The fraction of sp³-hybridized carbons (Fsp3) is 0.368. The van der Waals surface area contributed by atoms with Crippen molar-refractivity contribution >= 4 is 17.8 Å². The number of benzene rings is 1. The molecule has 0 saturated heterocycles. The van der Waals surface area contributed by atoms with Crippen LogP contribution < -0.4 is 0 Å². The predicted octanol–water partition coefficient (Wildman–Crippen LogP) is 1.81. The van der Waals surface area contributed by atoms with Crippen molar-refractivity contribution in [2.24, 2.45) is 7.05 Å². The summed E-state index contributed by atoms with van der Waals surface area (Å²) < 4.78 is 6.99. The van der Waals surface area contributed by atoms with Crippen molar-refractivity contribution in [2.75, 3.05) is 13.2 Å². The highest BCUT2D eigenvalue weighted by atomic mass is 16.5. The normalized spacial score (nSPS) is 13.3. The zero-order chi connectivity index (χ0) is 18.8. The Balaban J connectivity index is 1.49. The van der Waals surface area contributed by atoms with Gasteiger partial charge >= 0.3 is 5.97 Å². The lowest BCUT2D eigenvalue weighted by atomic mass is 10.1. The van der Waals surface area contributed by atoms with E-state index < -0.39 is 0 Å². The van der Waals surface area contributed by atoms with Gasteiger partial charge in [-0.05, 0) is 38.0 Å². The molecule has 0 bridgehead atoms. The first-order chi connectivity index (χ1) is 12.4. The van der Waals surface area contributed by atoms with Crippen LogP contribution in [0.5, 0.6) is 0 Å². The molecule has 0 saturated carbocycles. The molecule has 0 atom stereocenters. The van der Waals surface area contributed by atoms with Gasteiger partial charge in [-0.1, -0.05) is 12.1 Å². The Morgan fingerprint density at radius 3 is 2.27 bits per heavy atom. The number of hydrogen-bond donors (Lipinski definition) is 0. The van der Waals surface area contributed by atoms with E-state index in [0.717, 1.165) is 21.9 Å². The van der Waals surface area contributed by atoms with Gasteiger partial charge in [0.2, 0.25) is 0 Å². The number of carbonyl (C=O) groups is 3. The quantitative estimate of drug-likeness (QED) is 0.583. The molecule has 0 N–H and O–H groups in total. The molecule has 1 aromatic carbocycles. The minimum Gasteiger partial charge on any atom is -0.464 e. The van der Waals surface area contributed by atoms with E-state index in [9.17, 15) is 14.4 Å². The van der Waals surface area contributed by atoms with Crippen LogP contribution in [0.2, 0.25) is 0 Å². The third-order valence-corrected chi connectivity index (χ3v) is 4.69. The SMILES string of the molecule is Cc1nn(C)c(C)c1CCC(=O)OCCN1C(=O)c2ccccc2C1=O. The number of carbonyl (C=O) groups excluding carboxylic acids is 3. The van der Waals surface area contributed by atoms with E-state index in [4.69, 9.17) is 4.74 Å². The van der Waals surface area contributed by atoms with Gasteiger partial charge in [-0.3, -0.25) is 24.0 Å². The lowest BCUT2D eigenvalue weighted by molar-refractivity contribution is -0.143. The molecule has 0 fully saturated rings. The number of amides is 2. The molecule has 2 aromatic rings. The van der Waals surface area contributed by atoms with Crippen molar-refractivity contribution in [1.29, 1.82) is 0 Å². The maximum absolute atomic E-state index is 12.2. The topological polar surface area (TPSA) is 81.5 Å². The van der Waals surface area contributed by atoms with Crippen LogP contribution >= 0.6 is 0 Å². The van der Waals surface area contributed by atoms with E-state index in [-0.39, 0.29) is 37.4 Å². The predicted molar refractivity (Wildman–Crippen MR) is 93.8 cm³/mol. The van der Waals surface area contributed by atoms with Gasteiger partial charge in [0.1, 0.15) is 6.61 Å². The minimum absolute atomic E-state index is 0.00466. The Bertz CT molecular complexity index is 850. The largest absolute Gasteiger partial charge is 0.464 e. The van der Waals surface area contributed by atoms with Crippen molar-refractivity contribution in [3.63, 3.8) is 0 Å². The van der Waals surface area contributed by atoms with Gasteiger partial charge in [-0.15, -0.1) is 0 Å². The van der Waals surface area contributed by atoms with E-state index in [1.54, 1.807) is 28.9 Å². The minimum atomic E-state index is -0.357. The summed E-state index contributed by atoms with van der Waals surface area (Å²) in [5, 5.41) is 4.32. The number of esters is 1. The fourth-order valence-electron chi connectivity index (χ4n) is 3.17. The first-order valence-corrected chi connectivity index (χ1v) is 8.50. The van der Waals surface area contributed by atoms with Crippen LogP contribution in [0.3, 0.4) is 0 Å². The van der Waals surface area contributed by atoms with Crippen LogP contribution in [0.1, 0.15) is 44.1 Å². The Morgan fingerprint density at radius 2 is 1.73 bits per heavy atom. The van der Waals surface area contributed by atoms with Crippen molar-refractivity contribution in [1.82, 2.24) is 14.7 Å². The van der Waals surface area contributed by atoms with Crippen molar-refractivity contribution in [2.45, 2.75) is 26.7 Å². The highest BCUT2D eigenvalue weighted by molar-refractivity contribution is 6.21. The first kappa shape index (κ1) is 17.8. The molecule has 0 aliphatic carbocycles. The van der Waals surface area contributed by atoms with Crippen molar-refractivity contribution in [3.8, 4) is 0 Å². The van der Waals surface area contributed by atoms with Crippen LogP contribution in [0.15, 0.2) is 24.3 Å². The molecule has 136 valence electrons. The standard InChI is InChI=1S/C19H21N3O4/c1-12-14(13(2)21(3)20-12)8-9-17(23)26-11-10-22-18(24)15-6-4-5-7-16(15)19(22)25/h4-7H,8-11H2,1-3H3. The Kier molecular flexibility index (Phi) is 4.88. The second kappa shape index (κ2) is 7.11. The van der Waals surface area contributed by atoms with E-state index >= 15 is 0 Å². The van der Waals surface area contributed by atoms with E-state index in [1.165, 1.54) is 0 Å². The third-order valence-electron chi connectivity index (χ3n) is 4.69. The second-order valence-corrected chi connectivity index (χ2v) is 6.30. The zero-order valence-electron chi connectivity index (χ0n) is 15.1. The number of ether oxygens (including phenoxy) is 1. The summed E-state index contributed by atoms with van der Waals surface area (Å²) in [4.78, 5) is 37.5. The number of rotatable bonds is 6. The van der Waals surface area contributed by atoms with Gasteiger partial charge in [0, 0.05) is 19.2 Å². The molecule has 7 heteroatoms. The molecule has 26 heavy (non-hydrogen) atoms. The van der Waals surface area contributed by atoms with Crippen LogP contribution in [0.4, 0.5) is 0 Å². The molecule has 1 aliphatic rings. The molecule has 3 rings (SSSR count). The molecule has 1 aliphatic heterocycles. The van der Waals surface area contributed by atoms with E-state index in [2.05, 4.69) is 5.10 Å². The summed E-state index contributed by atoms with van der Waals surface area (Å²) in [6, 6.07) is 6.69. The Hall–Kier alpha value is -2.96. The number of nitrogens with zero attached hydrogens (tertiary/aromatic N) is 3. The van der Waals surface area contributed by atoms with E-state index in [1.807, 2.05) is 20.9 Å². The Morgan fingerprint density at radius 1 is 1.12 bits per heavy atom. The number of imide groups is 1. The molecule has 7 nitrogen and oxygen atoms in total. The summed E-state index contributed by atoms with van der Waals surface area (Å²) in [6.07, 6.45) is 0.785. The molecular weight excluding hydrogens is 334 g/mol.